The Bertz CT molecular complexity index is 1170. The van der Waals surface area contributed by atoms with Gasteiger partial charge in [0.15, 0.2) is 0 Å². The summed E-state index contributed by atoms with van der Waals surface area (Å²) in [5, 5.41) is 3.47. The molecule has 2 amide bonds. The van der Waals surface area contributed by atoms with Crippen LogP contribution in [0.5, 0.6) is 0 Å². The molecule has 3 aliphatic heterocycles. The zero-order valence-electron chi connectivity index (χ0n) is 20.6. The lowest BCUT2D eigenvalue weighted by atomic mass is 9.97. The molecule has 0 bridgehead atoms. The van der Waals surface area contributed by atoms with E-state index in [9.17, 15) is 31.2 Å². The molecule has 2 saturated heterocycles. The van der Waals surface area contributed by atoms with Crippen LogP contribution >= 0.6 is 11.8 Å². The number of fused-ring (bicyclic) bond motifs is 1. The average molecular weight is 561 g/mol. The smallest absolute Gasteiger partial charge is 0.330 e. The van der Waals surface area contributed by atoms with Crippen LogP contribution in [0.15, 0.2) is 35.7 Å². The lowest BCUT2D eigenvalue weighted by molar-refractivity contribution is -0.186. The number of rotatable bonds is 7. The molecule has 13 heteroatoms. The number of nitrogens with zero attached hydrogens (tertiary/aromatic N) is 3. The summed E-state index contributed by atoms with van der Waals surface area (Å²) in [6.07, 6.45) is 0.379. The molecule has 37 heavy (non-hydrogen) atoms. The average Bonchev–Trinajstić information content (AvgIpc) is 3.11. The second-order valence-corrected chi connectivity index (χ2v) is 12.5. The third-order valence-corrected chi connectivity index (χ3v) is 9.89. The number of benzene rings is 1. The number of alkyl halides is 3. The first-order valence-electron chi connectivity index (χ1n) is 12.1. The zero-order valence-corrected chi connectivity index (χ0v) is 22.2. The van der Waals surface area contributed by atoms with Crippen LogP contribution in [0, 0.1) is 0 Å². The molecule has 1 aromatic rings. The van der Waals surface area contributed by atoms with Gasteiger partial charge in [0.1, 0.15) is 0 Å². The number of halogens is 3. The number of nitrogens with one attached hydrogen (secondary N) is 1. The van der Waals surface area contributed by atoms with E-state index in [1.165, 1.54) is 16.4 Å². The molecule has 1 aromatic carbocycles. The van der Waals surface area contributed by atoms with Crippen molar-refractivity contribution < 1.29 is 31.2 Å². The van der Waals surface area contributed by atoms with Gasteiger partial charge in [-0.2, -0.15) is 29.2 Å². The van der Waals surface area contributed by atoms with Gasteiger partial charge in [0.25, 0.3) is 0 Å². The van der Waals surface area contributed by atoms with E-state index in [0.717, 1.165) is 11.3 Å². The minimum atomic E-state index is -4.98. The highest BCUT2D eigenvalue weighted by Gasteiger charge is 2.52. The predicted octanol–water partition coefficient (Wildman–Crippen LogP) is 2.35. The molecule has 0 aliphatic carbocycles. The van der Waals surface area contributed by atoms with E-state index in [0.29, 0.717) is 36.3 Å². The zero-order chi connectivity index (χ0) is 27.0. The first-order valence-corrected chi connectivity index (χ1v) is 14.9. The Labute approximate surface area is 219 Å². The van der Waals surface area contributed by atoms with Crippen LogP contribution in [0.3, 0.4) is 0 Å². The molecule has 1 N–H and O–H groups in total. The van der Waals surface area contributed by atoms with Gasteiger partial charge in [-0.15, -0.1) is 6.58 Å². The van der Waals surface area contributed by atoms with E-state index in [1.54, 1.807) is 28.8 Å². The molecular weight excluding hydrogens is 529 g/mol. The maximum absolute atomic E-state index is 13.5. The second kappa shape index (κ2) is 10.6. The van der Waals surface area contributed by atoms with Crippen LogP contribution in [-0.4, -0.2) is 90.4 Å². The quantitative estimate of drug-likeness (QED) is 0.515. The molecule has 0 aromatic heterocycles. The van der Waals surface area contributed by atoms with Crippen molar-refractivity contribution in [3.8, 4) is 0 Å². The highest BCUT2D eigenvalue weighted by atomic mass is 32.2. The number of hydrogen-bond donors (Lipinski definition) is 1. The summed E-state index contributed by atoms with van der Waals surface area (Å²) in [5.74, 6) is -1.10. The summed E-state index contributed by atoms with van der Waals surface area (Å²) in [4.78, 5) is 27.2. The molecular formula is C24H31F3N4O4S2. The fourth-order valence-electron chi connectivity index (χ4n) is 5.39. The van der Waals surface area contributed by atoms with E-state index in [4.69, 9.17) is 0 Å². The summed E-state index contributed by atoms with van der Waals surface area (Å²) < 4.78 is 67.0. The SMILES string of the molecule is C=CCN1C(=O)C(CCSC)NC12CCN(S(=O)(=O)c1ccc3c(c1)CN(C(=O)C(F)(F)F)CC3)CC2. The summed E-state index contributed by atoms with van der Waals surface area (Å²) >= 11 is 1.66. The van der Waals surface area contributed by atoms with Crippen molar-refractivity contribution in [3.05, 3.63) is 42.0 Å². The molecule has 1 atom stereocenters. The van der Waals surface area contributed by atoms with Crippen LogP contribution in [0.4, 0.5) is 13.2 Å². The van der Waals surface area contributed by atoms with Gasteiger partial charge in [0, 0.05) is 32.7 Å². The maximum Gasteiger partial charge on any atom is 0.471 e. The molecule has 1 spiro atoms. The first-order chi connectivity index (χ1) is 17.4. The Balaban J connectivity index is 1.50. The van der Waals surface area contributed by atoms with Crippen LogP contribution in [0.2, 0.25) is 0 Å². The number of carbonyl (C=O) groups excluding carboxylic acids is 2. The van der Waals surface area contributed by atoms with Crippen LogP contribution in [0.1, 0.15) is 30.4 Å². The van der Waals surface area contributed by atoms with Crippen molar-refractivity contribution in [1.29, 1.82) is 0 Å². The summed E-state index contributed by atoms with van der Waals surface area (Å²) in [6.45, 7) is 4.13. The molecule has 1 unspecified atom stereocenters. The fourth-order valence-corrected chi connectivity index (χ4v) is 7.36. The second-order valence-electron chi connectivity index (χ2n) is 9.56. The number of hydrogen-bond acceptors (Lipinski definition) is 6. The molecule has 8 nitrogen and oxygen atoms in total. The standard InChI is InChI=1S/C24H31F3N4O4S2/c1-3-10-31-21(32)20(7-14-36-2)28-23(31)8-12-30(13-9-23)37(34,35)19-5-4-17-6-11-29(16-18(17)15-19)22(33)24(25,26)27/h3-5,15,20,28H,1,6-14,16H2,2H3. The molecule has 0 saturated carbocycles. The monoisotopic (exact) mass is 560 g/mol. The van der Waals surface area contributed by atoms with Crippen molar-refractivity contribution in [2.24, 2.45) is 0 Å². The molecule has 3 heterocycles. The molecule has 2 fully saturated rings. The third kappa shape index (κ3) is 5.41. The minimum Gasteiger partial charge on any atom is -0.330 e. The minimum absolute atomic E-state index is 0.00194. The molecule has 0 radical (unpaired) electrons. The lowest BCUT2D eigenvalue weighted by Crippen LogP contribution is -2.59. The van der Waals surface area contributed by atoms with Crippen molar-refractivity contribution in [3.63, 3.8) is 0 Å². The van der Waals surface area contributed by atoms with Gasteiger partial charge in [0.2, 0.25) is 15.9 Å². The Kier molecular flexibility index (Phi) is 7.99. The van der Waals surface area contributed by atoms with Gasteiger partial charge < -0.3 is 9.80 Å². The first kappa shape index (κ1) is 27.9. The van der Waals surface area contributed by atoms with Crippen molar-refractivity contribution in [1.82, 2.24) is 19.4 Å². The van der Waals surface area contributed by atoms with Gasteiger partial charge in [-0.25, -0.2) is 8.42 Å². The van der Waals surface area contributed by atoms with Gasteiger partial charge in [0.05, 0.1) is 16.6 Å². The molecule has 204 valence electrons. The number of sulfonamides is 1. The van der Waals surface area contributed by atoms with Gasteiger partial charge in [-0.3, -0.25) is 14.9 Å². The number of thioether (sulfide) groups is 1. The van der Waals surface area contributed by atoms with E-state index in [-0.39, 0.29) is 49.4 Å². The lowest BCUT2D eigenvalue weighted by Gasteiger charge is -2.44. The Morgan fingerprint density at radius 3 is 2.57 bits per heavy atom. The molecule has 4 rings (SSSR count). The van der Waals surface area contributed by atoms with Crippen molar-refractivity contribution in [2.75, 3.05) is 38.2 Å². The normalized spacial score (nSPS) is 22.4. The van der Waals surface area contributed by atoms with Crippen LogP contribution < -0.4 is 5.32 Å². The van der Waals surface area contributed by atoms with E-state index in [1.807, 2.05) is 6.26 Å². The Morgan fingerprint density at radius 2 is 1.95 bits per heavy atom. The highest BCUT2D eigenvalue weighted by Crippen LogP contribution is 2.36. The Hall–Kier alpha value is -2.09. The van der Waals surface area contributed by atoms with Gasteiger partial charge in [-0.05, 0) is 61.0 Å². The summed E-state index contributed by atoms with van der Waals surface area (Å²) in [6, 6.07) is 4.14. The van der Waals surface area contributed by atoms with E-state index in [2.05, 4.69) is 11.9 Å². The maximum atomic E-state index is 13.5. The Morgan fingerprint density at radius 1 is 1.24 bits per heavy atom. The van der Waals surface area contributed by atoms with Crippen LogP contribution in [0.25, 0.3) is 0 Å². The predicted molar refractivity (Wildman–Crippen MR) is 134 cm³/mol. The molecule has 3 aliphatic rings. The van der Waals surface area contributed by atoms with Gasteiger partial charge >= 0.3 is 12.1 Å². The van der Waals surface area contributed by atoms with E-state index >= 15 is 0 Å². The van der Waals surface area contributed by atoms with Crippen molar-refractivity contribution >= 4 is 33.6 Å². The summed E-state index contributed by atoms with van der Waals surface area (Å²) in [7, 11) is -3.93. The topological polar surface area (TPSA) is 90.0 Å². The summed E-state index contributed by atoms with van der Waals surface area (Å²) in [5.41, 5.74) is 0.484. The van der Waals surface area contributed by atoms with Gasteiger partial charge in [-0.1, -0.05) is 12.1 Å². The fraction of sp³-hybridized carbons (Fsp3) is 0.583. The number of amides is 2. The highest BCUT2D eigenvalue weighted by molar-refractivity contribution is 7.98. The van der Waals surface area contributed by atoms with Crippen molar-refractivity contribution in [2.45, 2.75) is 55.0 Å². The van der Waals surface area contributed by atoms with E-state index < -0.39 is 27.8 Å². The van der Waals surface area contributed by atoms with Crippen LogP contribution in [-0.2, 0) is 32.6 Å². The largest absolute Gasteiger partial charge is 0.471 e. The number of carbonyl (C=O) groups is 2. The third-order valence-electron chi connectivity index (χ3n) is 7.35. The number of piperidine rings is 1.